The zero-order chi connectivity index (χ0) is 13.0. The van der Waals surface area contributed by atoms with Gasteiger partial charge >= 0.3 is 0 Å². The van der Waals surface area contributed by atoms with Gasteiger partial charge in [0.05, 0.1) is 6.61 Å². The quantitative estimate of drug-likeness (QED) is 0.882. The predicted octanol–water partition coefficient (Wildman–Crippen LogP) is 2.87. The van der Waals surface area contributed by atoms with Crippen LogP contribution < -0.4 is 4.74 Å². The third-order valence-electron chi connectivity index (χ3n) is 2.65. The van der Waals surface area contributed by atoms with E-state index in [2.05, 4.69) is 18.8 Å². The molecule has 0 fully saturated rings. The molecule has 0 saturated carbocycles. The zero-order valence-electron chi connectivity index (χ0n) is 10.6. The summed E-state index contributed by atoms with van der Waals surface area (Å²) in [6.07, 6.45) is 1.44. The Kier molecular flexibility index (Phi) is 3.99. The predicted molar refractivity (Wildman–Crippen MR) is 67.3 cm³/mol. The van der Waals surface area contributed by atoms with Crippen LogP contribution in [0.5, 0.6) is 5.75 Å². The lowest BCUT2D eigenvalue weighted by atomic mass is 10.1. The van der Waals surface area contributed by atoms with E-state index in [9.17, 15) is 0 Å². The topological polar surface area (TPSA) is 55.5 Å². The lowest BCUT2D eigenvalue weighted by Crippen LogP contribution is -2.00. The van der Waals surface area contributed by atoms with Gasteiger partial charge in [-0.25, -0.2) is 4.98 Å². The van der Waals surface area contributed by atoms with Gasteiger partial charge in [-0.15, -0.1) is 0 Å². The third kappa shape index (κ3) is 2.90. The fraction of sp³-hybridized carbons (Fsp3) is 0.357. The normalized spacial score (nSPS) is 10.9. The molecule has 0 aliphatic heterocycles. The summed E-state index contributed by atoms with van der Waals surface area (Å²) in [5.74, 6) is 1.86. The summed E-state index contributed by atoms with van der Waals surface area (Å²) in [6, 6.07) is 7.37. The van der Waals surface area contributed by atoms with E-state index in [4.69, 9.17) is 14.3 Å². The van der Waals surface area contributed by atoms with E-state index in [-0.39, 0.29) is 12.5 Å². The highest BCUT2D eigenvalue weighted by Crippen LogP contribution is 2.20. The van der Waals surface area contributed by atoms with Crippen molar-refractivity contribution in [3.63, 3.8) is 0 Å². The molecule has 4 heteroatoms. The summed E-state index contributed by atoms with van der Waals surface area (Å²) in [5.41, 5.74) is 1.65. The molecule has 1 aromatic heterocycles. The molecule has 96 valence electrons. The van der Waals surface area contributed by atoms with E-state index in [1.54, 1.807) is 0 Å². The highest BCUT2D eigenvalue weighted by Gasteiger charge is 2.12. The van der Waals surface area contributed by atoms with Crippen LogP contribution in [0.15, 0.2) is 35.1 Å². The molecule has 0 atom stereocenters. The van der Waals surface area contributed by atoms with E-state index >= 15 is 0 Å². The number of hydrogen-bond donors (Lipinski definition) is 1. The van der Waals surface area contributed by atoms with Crippen molar-refractivity contribution in [2.45, 2.75) is 33.0 Å². The average molecular weight is 247 g/mol. The van der Waals surface area contributed by atoms with Crippen LogP contribution in [-0.4, -0.2) is 10.1 Å². The smallest absolute Gasteiger partial charge is 0.181 e. The minimum atomic E-state index is 0.0123. The van der Waals surface area contributed by atoms with Crippen LogP contribution in [0.4, 0.5) is 0 Å². The molecular weight excluding hydrogens is 230 g/mol. The standard InChI is InChI=1S/C14H17NO3/c1-10(2)14-13(15-9-18-14)8-17-12-5-3-4-11(6-12)7-16/h3-6,9-10,16H,7-8H2,1-2H3. The maximum atomic E-state index is 9.05. The molecule has 4 nitrogen and oxygen atoms in total. The van der Waals surface area contributed by atoms with Crippen molar-refractivity contribution >= 4 is 0 Å². The van der Waals surface area contributed by atoms with Crippen LogP contribution in [0.3, 0.4) is 0 Å². The maximum absolute atomic E-state index is 9.05. The number of aromatic nitrogens is 1. The number of rotatable bonds is 5. The Bertz CT molecular complexity index is 505. The fourth-order valence-electron chi connectivity index (χ4n) is 1.74. The first kappa shape index (κ1) is 12.6. The lowest BCUT2D eigenvalue weighted by Gasteiger charge is -2.07. The van der Waals surface area contributed by atoms with Crippen LogP contribution in [0.2, 0.25) is 0 Å². The van der Waals surface area contributed by atoms with Gasteiger partial charge in [0.15, 0.2) is 6.39 Å². The molecule has 0 bridgehead atoms. The summed E-state index contributed by atoms with van der Waals surface area (Å²) >= 11 is 0. The van der Waals surface area contributed by atoms with Crippen molar-refractivity contribution in [2.75, 3.05) is 0 Å². The third-order valence-corrected chi connectivity index (χ3v) is 2.65. The van der Waals surface area contributed by atoms with Crippen molar-refractivity contribution in [1.29, 1.82) is 0 Å². The van der Waals surface area contributed by atoms with Crippen molar-refractivity contribution in [3.05, 3.63) is 47.7 Å². The van der Waals surface area contributed by atoms with Crippen LogP contribution in [0.1, 0.15) is 36.8 Å². The molecule has 0 amide bonds. The molecule has 0 aliphatic rings. The second-order valence-electron chi connectivity index (χ2n) is 4.41. The molecular formula is C14H17NO3. The van der Waals surface area contributed by atoms with Crippen LogP contribution in [0, 0.1) is 0 Å². The summed E-state index contributed by atoms with van der Waals surface area (Å²) in [5, 5.41) is 9.05. The lowest BCUT2D eigenvalue weighted by molar-refractivity contribution is 0.276. The summed E-state index contributed by atoms with van der Waals surface area (Å²) in [4.78, 5) is 4.15. The molecule has 0 saturated heterocycles. The maximum Gasteiger partial charge on any atom is 0.181 e. The molecule has 1 aromatic carbocycles. The van der Waals surface area contributed by atoms with Crippen molar-refractivity contribution < 1.29 is 14.3 Å². The van der Waals surface area contributed by atoms with E-state index in [1.165, 1.54) is 6.39 Å². The zero-order valence-corrected chi connectivity index (χ0v) is 10.6. The molecule has 0 aliphatic carbocycles. The summed E-state index contributed by atoms with van der Waals surface area (Å²) in [7, 11) is 0. The van der Waals surface area contributed by atoms with Gasteiger partial charge in [-0.1, -0.05) is 26.0 Å². The SMILES string of the molecule is CC(C)c1ocnc1COc1cccc(CO)c1. The molecule has 0 radical (unpaired) electrons. The molecule has 1 N–H and O–H groups in total. The Labute approximate surface area is 106 Å². The first-order chi connectivity index (χ1) is 8.70. The first-order valence-corrected chi connectivity index (χ1v) is 5.95. The van der Waals surface area contributed by atoms with Gasteiger partial charge in [0.25, 0.3) is 0 Å². The number of benzene rings is 1. The molecule has 2 rings (SSSR count). The van der Waals surface area contributed by atoms with E-state index in [1.807, 2.05) is 24.3 Å². The number of aliphatic hydroxyl groups excluding tert-OH is 1. The van der Waals surface area contributed by atoms with Crippen LogP contribution in [0.25, 0.3) is 0 Å². The molecule has 0 unspecified atom stereocenters. The Balaban J connectivity index is 2.04. The monoisotopic (exact) mass is 247 g/mol. The van der Waals surface area contributed by atoms with E-state index < -0.39 is 0 Å². The minimum Gasteiger partial charge on any atom is -0.487 e. The fourth-order valence-corrected chi connectivity index (χ4v) is 1.74. The molecule has 18 heavy (non-hydrogen) atoms. The van der Waals surface area contributed by atoms with Gasteiger partial charge in [-0.2, -0.15) is 0 Å². The summed E-state index contributed by atoms with van der Waals surface area (Å²) in [6.45, 7) is 4.49. The van der Waals surface area contributed by atoms with E-state index in [0.717, 1.165) is 22.8 Å². The average Bonchev–Trinajstić information content (AvgIpc) is 2.85. The number of nitrogens with zero attached hydrogens (tertiary/aromatic N) is 1. The Hall–Kier alpha value is -1.81. The Morgan fingerprint density at radius 3 is 2.94 bits per heavy atom. The largest absolute Gasteiger partial charge is 0.487 e. The van der Waals surface area contributed by atoms with Gasteiger partial charge in [-0.3, -0.25) is 0 Å². The Morgan fingerprint density at radius 2 is 2.22 bits per heavy atom. The highest BCUT2D eigenvalue weighted by molar-refractivity contribution is 5.28. The van der Waals surface area contributed by atoms with E-state index in [0.29, 0.717) is 6.61 Å². The van der Waals surface area contributed by atoms with Gasteiger partial charge in [0.1, 0.15) is 23.8 Å². The van der Waals surface area contributed by atoms with Crippen LogP contribution in [-0.2, 0) is 13.2 Å². The van der Waals surface area contributed by atoms with Crippen molar-refractivity contribution in [3.8, 4) is 5.75 Å². The first-order valence-electron chi connectivity index (χ1n) is 5.95. The van der Waals surface area contributed by atoms with Gasteiger partial charge in [-0.05, 0) is 17.7 Å². The van der Waals surface area contributed by atoms with Crippen LogP contribution >= 0.6 is 0 Å². The number of hydrogen-bond acceptors (Lipinski definition) is 4. The second kappa shape index (κ2) is 5.69. The highest BCUT2D eigenvalue weighted by atomic mass is 16.5. The molecule has 0 spiro atoms. The number of oxazole rings is 1. The minimum absolute atomic E-state index is 0.0123. The van der Waals surface area contributed by atoms with Gasteiger partial charge in [0, 0.05) is 5.92 Å². The molecule has 1 heterocycles. The second-order valence-corrected chi connectivity index (χ2v) is 4.41. The summed E-state index contributed by atoms with van der Waals surface area (Å²) < 4.78 is 11.0. The van der Waals surface area contributed by atoms with Crippen molar-refractivity contribution in [2.24, 2.45) is 0 Å². The van der Waals surface area contributed by atoms with Gasteiger partial charge in [0.2, 0.25) is 0 Å². The van der Waals surface area contributed by atoms with Crippen molar-refractivity contribution in [1.82, 2.24) is 4.98 Å². The molecule has 2 aromatic rings. The Morgan fingerprint density at radius 1 is 1.39 bits per heavy atom. The van der Waals surface area contributed by atoms with Gasteiger partial charge < -0.3 is 14.3 Å². The number of aliphatic hydroxyl groups is 1. The number of ether oxygens (including phenoxy) is 1.